The van der Waals surface area contributed by atoms with Gasteiger partial charge in [0.25, 0.3) is 5.91 Å². The first-order chi connectivity index (χ1) is 12.0. The van der Waals surface area contributed by atoms with Gasteiger partial charge in [0.2, 0.25) is 0 Å². The lowest BCUT2D eigenvalue weighted by molar-refractivity contribution is 0.0643. The summed E-state index contributed by atoms with van der Waals surface area (Å²) in [5.74, 6) is -1.49. The molecule has 3 rings (SSSR count). The molecule has 1 saturated heterocycles. The number of likely N-dealkylation sites (tertiary alicyclic amines) is 1. The van der Waals surface area contributed by atoms with Crippen LogP contribution in [0, 0.1) is 11.6 Å². The number of carbonyl (C=O) groups is 1. The van der Waals surface area contributed by atoms with Gasteiger partial charge < -0.3 is 14.7 Å². The molecule has 132 valence electrons. The molecular formula is C19H19F2NO3. The Hall–Kier alpha value is -2.31. The second kappa shape index (κ2) is 7.29. The fourth-order valence-electron chi connectivity index (χ4n) is 3.13. The molecule has 25 heavy (non-hydrogen) atoms. The molecule has 2 aromatic carbocycles. The van der Waals surface area contributed by atoms with E-state index in [0.717, 1.165) is 0 Å². The number of methoxy groups -OCH3 is 1. The molecular weight excluding hydrogens is 328 g/mol. The van der Waals surface area contributed by atoms with Crippen LogP contribution < -0.4 is 0 Å². The van der Waals surface area contributed by atoms with Gasteiger partial charge in [-0.05, 0) is 41.8 Å². The third-order valence-corrected chi connectivity index (χ3v) is 4.56. The van der Waals surface area contributed by atoms with Crippen LogP contribution >= 0.6 is 0 Å². The van der Waals surface area contributed by atoms with E-state index in [4.69, 9.17) is 4.74 Å². The fraction of sp³-hybridized carbons (Fsp3) is 0.316. The van der Waals surface area contributed by atoms with Gasteiger partial charge in [-0.15, -0.1) is 0 Å². The number of rotatable bonds is 4. The molecule has 1 aliphatic rings. The van der Waals surface area contributed by atoms with Crippen LogP contribution in [0.5, 0.6) is 0 Å². The minimum Gasteiger partial charge on any atom is -0.394 e. The lowest BCUT2D eigenvalue weighted by Gasteiger charge is -2.23. The summed E-state index contributed by atoms with van der Waals surface area (Å²) in [6.07, 6.45) is 0.358. The van der Waals surface area contributed by atoms with E-state index in [1.54, 1.807) is 25.3 Å². The first-order valence-electron chi connectivity index (χ1n) is 8.03. The highest BCUT2D eigenvalue weighted by atomic mass is 19.1. The number of aliphatic hydroxyl groups is 1. The number of ether oxygens (including phenoxy) is 1. The van der Waals surface area contributed by atoms with Gasteiger partial charge in [-0.25, -0.2) is 8.78 Å². The predicted octanol–water partition coefficient (Wildman–Crippen LogP) is 2.85. The number of halogens is 2. The molecule has 1 heterocycles. The quantitative estimate of drug-likeness (QED) is 0.925. The zero-order chi connectivity index (χ0) is 18.0. The Morgan fingerprint density at radius 2 is 1.88 bits per heavy atom. The number of carbonyl (C=O) groups excluding carboxylic acids is 1. The van der Waals surface area contributed by atoms with Crippen molar-refractivity contribution in [2.24, 2.45) is 0 Å². The maximum Gasteiger partial charge on any atom is 0.257 e. The van der Waals surface area contributed by atoms with E-state index in [1.807, 2.05) is 0 Å². The molecule has 6 heteroatoms. The normalized spacial score (nSPS) is 20.1. The molecule has 1 aliphatic heterocycles. The van der Waals surface area contributed by atoms with Crippen LogP contribution in [-0.4, -0.2) is 48.3 Å². The van der Waals surface area contributed by atoms with Crippen LogP contribution in [0.25, 0.3) is 11.1 Å². The second-order valence-electron chi connectivity index (χ2n) is 6.09. The Labute approximate surface area is 144 Å². The lowest BCUT2D eigenvalue weighted by atomic mass is 10.0. The summed E-state index contributed by atoms with van der Waals surface area (Å²) < 4.78 is 32.8. The topological polar surface area (TPSA) is 49.8 Å². The van der Waals surface area contributed by atoms with Crippen molar-refractivity contribution in [1.29, 1.82) is 0 Å². The van der Waals surface area contributed by atoms with Gasteiger partial charge in [-0.3, -0.25) is 4.79 Å². The van der Waals surface area contributed by atoms with Crippen molar-refractivity contribution in [3.05, 3.63) is 59.7 Å². The Morgan fingerprint density at radius 1 is 1.20 bits per heavy atom. The minimum absolute atomic E-state index is 0.0546. The van der Waals surface area contributed by atoms with Gasteiger partial charge in [0, 0.05) is 13.7 Å². The lowest BCUT2D eigenvalue weighted by Crippen LogP contribution is -2.38. The molecule has 0 saturated carbocycles. The average molecular weight is 347 g/mol. The zero-order valence-corrected chi connectivity index (χ0v) is 13.8. The van der Waals surface area contributed by atoms with Crippen molar-refractivity contribution in [2.75, 3.05) is 20.3 Å². The van der Waals surface area contributed by atoms with Crippen molar-refractivity contribution in [2.45, 2.75) is 18.6 Å². The highest BCUT2D eigenvalue weighted by Crippen LogP contribution is 2.26. The summed E-state index contributed by atoms with van der Waals surface area (Å²) in [5, 5.41) is 9.46. The summed E-state index contributed by atoms with van der Waals surface area (Å²) in [5.41, 5.74) is 1.16. The monoisotopic (exact) mass is 347 g/mol. The Morgan fingerprint density at radius 3 is 2.48 bits per heavy atom. The number of hydrogen-bond acceptors (Lipinski definition) is 3. The molecule has 1 fully saturated rings. The highest BCUT2D eigenvalue weighted by molar-refractivity contribution is 5.95. The summed E-state index contributed by atoms with van der Waals surface area (Å²) in [7, 11) is 1.55. The van der Waals surface area contributed by atoms with E-state index in [0.29, 0.717) is 24.1 Å². The van der Waals surface area contributed by atoms with Crippen LogP contribution in [-0.2, 0) is 4.74 Å². The molecule has 0 aromatic heterocycles. The number of nitrogens with zero attached hydrogens (tertiary/aromatic N) is 1. The summed E-state index contributed by atoms with van der Waals surface area (Å²) in [6, 6.07) is 9.63. The zero-order valence-electron chi connectivity index (χ0n) is 13.8. The Bertz CT molecular complexity index is 764. The fourth-order valence-corrected chi connectivity index (χ4v) is 3.13. The summed E-state index contributed by atoms with van der Waals surface area (Å²) in [4.78, 5) is 14.1. The number of benzene rings is 2. The maximum absolute atomic E-state index is 14.5. The smallest absolute Gasteiger partial charge is 0.257 e. The molecule has 0 spiro atoms. The van der Waals surface area contributed by atoms with Gasteiger partial charge in [0.05, 0.1) is 24.3 Å². The molecule has 1 N–H and O–H groups in total. The standard InChI is InChI=1S/C19H19F2NO3/c1-25-16-9-15(11-23)22(10-16)19(24)17-7-4-13(8-18(17)21)12-2-5-14(20)6-3-12/h2-8,15-16,23H,9-11H2,1H3/t15-,16+/m0/s1. The molecule has 0 aliphatic carbocycles. The number of amides is 1. The molecule has 2 aromatic rings. The summed E-state index contributed by atoms with van der Waals surface area (Å²) in [6.45, 7) is 0.126. The van der Waals surface area contributed by atoms with Crippen molar-refractivity contribution >= 4 is 5.91 Å². The Kier molecular flexibility index (Phi) is 5.11. The molecule has 1 amide bonds. The molecule has 0 unspecified atom stereocenters. The minimum atomic E-state index is -0.649. The molecule has 0 bridgehead atoms. The number of hydrogen-bond donors (Lipinski definition) is 1. The first-order valence-corrected chi connectivity index (χ1v) is 8.03. The Balaban J connectivity index is 1.85. The SMILES string of the molecule is CO[C@@H]1C[C@@H](CO)N(C(=O)c2ccc(-c3ccc(F)cc3)cc2F)C1. The van der Waals surface area contributed by atoms with E-state index in [2.05, 4.69) is 0 Å². The third-order valence-electron chi connectivity index (χ3n) is 4.56. The highest BCUT2D eigenvalue weighted by Gasteiger charge is 2.36. The van der Waals surface area contributed by atoms with Gasteiger partial charge in [-0.1, -0.05) is 18.2 Å². The average Bonchev–Trinajstić information content (AvgIpc) is 3.05. The van der Waals surface area contributed by atoms with Gasteiger partial charge >= 0.3 is 0 Å². The number of aliphatic hydroxyl groups excluding tert-OH is 1. The molecule has 4 nitrogen and oxygen atoms in total. The van der Waals surface area contributed by atoms with Gasteiger partial charge in [-0.2, -0.15) is 0 Å². The van der Waals surface area contributed by atoms with Crippen molar-refractivity contribution in [3.63, 3.8) is 0 Å². The third kappa shape index (κ3) is 3.55. The van der Waals surface area contributed by atoms with E-state index in [9.17, 15) is 18.7 Å². The van der Waals surface area contributed by atoms with Crippen molar-refractivity contribution in [3.8, 4) is 11.1 Å². The van der Waals surface area contributed by atoms with E-state index in [-0.39, 0.29) is 30.1 Å². The van der Waals surface area contributed by atoms with Crippen LogP contribution in [0.4, 0.5) is 8.78 Å². The van der Waals surface area contributed by atoms with Crippen molar-refractivity contribution < 1.29 is 23.4 Å². The van der Waals surface area contributed by atoms with Crippen LogP contribution in [0.15, 0.2) is 42.5 Å². The van der Waals surface area contributed by atoms with Crippen LogP contribution in [0.2, 0.25) is 0 Å². The summed E-state index contributed by atoms with van der Waals surface area (Å²) >= 11 is 0. The van der Waals surface area contributed by atoms with Crippen LogP contribution in [0.3, 0.4) is 0 Å². The largest absolute Gasteiger partial charge is 0.394 e. The van der Waals surface area contributed by atoms with E-state index < -0.39 is 11.7 Å². The molecule has 2 atom stereocenters. The van der Waals surface area contributed by atoms with Crippen LogP contribution in [0.1, 0.15) is 16.8 Å². The van der Waals surface area contributed by atoms with E-state index >= 15 is 0 Å². The van der Waals surface area contributed by atoms with E-state index in [1.165, 1.54) is 29.2 Å². The first kappa shape index (κ1) is 17.5. The predicted molar refractivity (Wildman–Crippen MR) is 89.1 cm³/mol. The van der Waals surface area contributed by atoms with Gasteiger partial charge in [0.15, 0.2) is 0 Å². The van der Waals surface area contributed by atoms with Crippen molar-refractivity contribution in [1.82, 2.24) is 4.90 Å². The maximum atomic E-state index is 14.5. The molecule has 0 radical (unpaired) electrons. The second-order valence-corrected chi connectivity index (χ2v) is 6.09. The van der Waals surface area contributed by atoms with Gasteiger partial charge in [0.1, 0.15) is 11.6 Å².